The highest BCUT2D eigenvalue weighted by molar-refractivity contribution is 5.57. The molecule has 0 spiro atoms. The molecule has 0 amide bonds. The minimum atomic E-state index is -0.912. The lowest BCUT2D eigenvalue weighted by atomic mass is 9.88. The van der Waals surface area contributed by atoms with Crippen molar-refractivity contribution in [3.8, 4) is 0 Å². The average Bonchev–Trinajstić information content (AvgIpc) is 2.15. The quantitative estimate of drug-likeness (QED) is 0.676. The van der Waals surface area contributed by atoms with Crippen LogP contribution >= 0.6 is 0 Å². The van der Waals surface area contributed by atoms with Crippen LogP contribution in [0.4, 0.5) is 8.78 Å². The first-order valence-corrected chi connectivity index (χ1v) is 4.45. The summed E-state index contributed by atoms with van der Waals surface area (Å²) in [4.78, 5) is 0. The Bertz CT molecular complexity index is 399. The first kappa shape index (κ1) is 9.34. The van der Waals surface area contributed by atoms with E-state index in [1.165, 1.54) is 0 Å². The molecule has 2 rings (SSSR count). The van der Waals surface area contributed by atoms with Crippen molar-refractivity contribution in [2.45, 2.75) is 13.0 Å². The maximum absolute atomic E-state index is 12.9. The maximum atomic E-state index is 12.9. The average molecular weight is 196 g/mol. The summed E-state index contributed by atoms with van der Waals surface area (Å²) < 4.78 is 25.7. The van der Waals surface area contributed by atoms with Gasteiger partial charge in [-0.15, -0.1) is 0 Å². The topological polar surface area (TPSA) is 20.2 Å². The molecule has 0 aliphatic heterocycles. The molecule has 74 valence electrons. The lowest BCUT2D eigenvalue weighted by molar-refractivity contribution is 0.137. The van der Waals surface area contributed by atoms with Crippen molar-refractivity contribution >= 4 is 6.08 Å². The van der Waals surface area contributed by atoms with Crippen molar-refractivity contribution in [1.82, 2.24) is 0 Å². The van der Waals surface area contributed by atoms with Gasteiger partial charge in [0.1, 0.15) is 0 Å². The predicted octanol–water partition coefficient (Wildman–Crippen LogP) is 2.66. The van der Waals surface area contributed by atoms with E-state index >= 15 is 0 Å². The van der Waals surface area contributed by atoms with Gasteiger partial charge in [-0.05, 0) is 23.3 Å². The Morgan fingerprint density at radius 1 is 1.21 bits per heavy atom. The molecule has 1 aliphatic rings. The van der Waals surface area contributed by atoms with Crippen LogP contribution in [0.25, 0.3) is 6.08 Å². The van der Waals surface area contributed by atoms with Gasteiger partial charge in [0.05, 0.1) is 6.10 Å². The Kier molecular flexibility index (Phi) is 2.11. The first-order valence-electron chi connectivity index (χ1n) is 4.45. The summed E-state index contributed by atoms with van der Waals surface area (Å²) in [5.41, 5.74) is 1.01. The van der Waals surface area contributed by atoms with Gasteiger partial charge in [0.2, 0.25) is 0 Å². The van der Waals surface area contributed by atoms with E-state index in [-0.39, 0.29) is 5.92 Å². The molecule has 0 aromatic heterocycles. The summed E-state index contributed by atoms with van der Waals surface area (Å²) in [5.74, 6) is -1.85. The van der Waals surface area contributed by atoms with Crippen molar-refractivity contribution < 1.29 is 13.9 Å². The van der Waals surface area contributed by atoms with E-state index in [1.54, 1.807) is 12.2 Å². The molecule has 1 N–H and O–H groups in total. The second-order valence-corrected chi connectivity index (χ2v) is 3.56. The fourth-order valence-electron chi connectivity index (χ4n) is 1.62. The largest absolute Gasteiger partial charge is 0.388 e. The summed E-state index contributed by atoms with van der Waals surface area (Å²) in [6, 6.07) is 2.17. The fourth-order valence-corrected chi connectivity index (χ4v) is 1.62. The highest BCUT2D eigenvalue weighted by Gasteiger charge is 2.22. The molecule has 0 fully saturated rings. The number of hydrogen-bond acceptors (Lipinski definition) is 1. The Balaban J connectivity index is 2.58. The van der Waals surface area contributed by atoms with Crippen LogP contribution in [-0.2, 0) is 0 Å². The van der Waals surface area contributed by atoms with Gasteiger partial charge >= 0.3 is 0 Å². The van der Waals surface area contributed by atoms with Gasteiger partial charge < -0.3 is 5.11 Å². The van der Waals surface area contributed by atoms with Crippen LogP contribution in [0.5, 0.6) is 0 Å². The van der Waals surface area contributed by atoms with E-state index in [4.69, 9.17) is 0 Å². The maximum Gasteiger partial charge on any atom is 0.159 e. The third kappa shape index (κ3) is 1.34. The van der Waals surface area contributed by atoms with Crippen LogP contribution in [0, 0.1) is 17.6 Å². The number of rotatable bonds is 0. The van der Waals surface area contributed by atoms with Gasteiger partial charge in [-0.25, -0.2) is 8.78 Å². The molecular weight excluding hydrogens is 186 g/mol. The summed E-state index contributed by atoms with van der Waals surface area (Å²) in [7, 11) is 0. The second kappa shape index (κ2) is 3.17. The molecule has 0 saturated heterocycles. The van der Waals surface area contributed by atoms with E-state index in [9.17, 15) is 13.9 Å². The van der Waals surface area contributed by atoms with Gasteiger partial charge in [-0.1, -0.05) is 19.1 Å². The molecule has 0 radical (unpaired) electrons. The molecule has 1 aromatic rings. The first-order chi connectivity index (χ1) is 6.59. The minimum absolute atomic E-state index is 0.0626. The van der Waals surface area contributed by atoms with Crippen LogP contribution in [0.15, 0.2) is 18.2 Å². The van der Waals surface area contributed by atoms with E-state index in [2.05, 4.69) is 0 Å². The molecule has 14 heavy (non-hydrogen) atoms. The number of fused-ring (bicyclic) bond motifs is 1. The molecule has 1 aromatic carbocycles. The summed E-state index contributed by atoms with van der Waals surface area (Å²) >= 11 is 0. The van der Waals surface area contributed by atoms with E-state index in [0.29, 0.717) is 11.1 Å². The lowest BCUT2D eigenvalue weighted by Gasteiger charge is -2.22. The lowest BCUT2D eigenvalue weighted by Crippen LogP contribution is -2.12. The molecule has 0 unspecified atom stereocenters. The molecule has 0 saturated carbocycles. The summed E-state index contributed by atoms with van der Waals surface area (Å²) in [5, 5.41) is 9.70. The van der Waals surface area contributed by atoms with Gasteiger partial charge in [0.25, 0.3) is 0 Å². The predicted molar refractivity (Wildman–Crippen MR) is 49.5 cm³/mol. The summed E-state index contributed by atoms with van der Waals surface area (Å²) in [6.07, 6.45) is 2.74. The van der Waals surface area contributed by atoms with Crippen molar-refractivity contribution in [2.24, 2.45) is 5.92 Å². The highest BCUT2D eigenvalue weighted by atomic mass is 19.2. The molecular formula is C11H10F2O. The van der Waals surface area contributed by atoms with Crippen molar-refractivity contribution in [2.75, 3.05) is 0 Å². The molecule has 0 bridgehead atoms. The van der Waals surface area contributed by atoms with Crippen LogP contribution in [0.2, 0.25) is 0 Å². The molecule has 1 nitrogen and oxygen atoms in total. The van der Waals surface area contributed by atoms with Gasteiger partial charge in [-0.2, -0.15) is 0 Å². The molecule has 2 atom stereocenters. The van der Waals surface area contributed by atoms with E-state index < -0.39 is 17.7 Å². The number of hydrogen-bond donors (Lipinski definition) is 1. The van der Waals surface area contributed by atoms with Crippen LogP contribution in [0.3, 0.4) is 0 Å². The SMILES string of the molecule is C[C@@H]1C=Cc2cc(F)c(F)cc2[C@H]1O. The van der Waals surface area contributed by atoms with Crippen molar-refractivity contribution in [3.05, 3.63) is 41.0 Å². The monoisotopic (exact) mass is 196 g/mol. The minimum Gasteiger partial charge on any atom is -0.388 e. The van der Waals surface area contributed by atoms with Crippen LogP contribution in [-0.4, -0.2) is 5.11 Å². The van der Waals surface area contributed by atoms with Gasteiger partial charge in [0.15, 0.2) is 11.6 Å². The van der Waals surface area contributed by atoms with Crippen molar-refractivity contribution in [1.29, 1.82) is 0 Å². The Morgan fingerprint density at radius 3 is 2.57 bits per heavy atom. The zero-order valence-electron chi connectivity index (χ0n) is 7.67. The molecule has 1 aliphatic carbocycles. The highest BCUT2D eigenvalue weighted by Crippen LogP contribution is 2.32. The standard InChI is InChI=1S/C11H10F2O/c1-6-2-3-7-4-9(12)10(13)5-8(7)11(6)14/h2-6,11,14H,1H3/t6-,11+/m1/s1. The van der Waals surface area contributed by atoms with Crippen LogP contribution < -0.4 is 0 Å². The zero-order chi connectivity index (χ0) is 10.3. The Labute approximate surface area is 80.7 Å². The van der Waals surface area contributed by atoms with E-state index in [1.807, 2.05) is 6.92 Å². The number of benzene rings is 1. The van der Waals surface area contributed by atoms with Gasteiger partial charge in [-0.3, -0.25) is 0 Å². The third-order valence-electron chi connectivity index (χ3n) is 2.52. The third-order valence-corrected chi connectivity index (χ3v) is 2.52. The molecule has 0 heterocycles. The fraction of sp³-hybridized carbons (Fsp3) is 0.273. The zero-order valence-corrected chi connectivity index (χ0v) is 7.67. The summed E-state index contributed by atoms with van der Waals surface area (Å²) in [6.45, 7) is 1.82. The normalized spacial score (nSPS) is 24.9. The number of aliphatic hydroxyl groups excluding tert-OH is 1. The Hall–Kier alpha value is -1.22. The number of halogens is 2. The molecule has 3 heteroatoms. The second-order valence-electron chi connectivity index (χ2n) is 3.56. The smallest absolute Gasteiger partial charge is 0.159 e. The van der Waals surface area contributed by atoms with E-state index in [0.717, 1.165) is 12.1 Å². The van der Waals surface area contributed by atoms with Crippen molar-refractivity contribution in [3.63, 3.8) is 0 Å². The van der Waals surface area contributed by atoms with Gasteiger partial charge in [0, 0.05) is 5.92 Å². The van der Waals surface area contributed by atoms with Crippen LogP contribution in [0.1, 0.15) is 24.2 Å². The number of aliphatic hydroxyl groups is 1. The Morgan fingerprint density at radius 2 is 1.86 bits per heavy atom.